The molecule has 146 valence electrons. The first-order valence-electron chi connectivity index (χ1n) is 7.46. The van der Waals surface area contributed by atoms with Crippen LogP contribution in [0.4, 0.5) is 17.1 Å². The molecule has 1 N–H and O–H groups in total. The van der Waals surface area contributed by atoms with Crippen LogP contribution in [0.15, 0.2) is 40.9 Å². The number of hydrogen-bond donors (Lipinski definition) is 1. The summed E-state index contributed by atoms with van der Waals surface area (Å²) in [6.45, 7) is -0.568. The predicted molar refractivity (Wildman–Crippen MR) is 99.4 cm³/mol. The first-order chi connectivity index (χ1) is 13.2. The smallest absolute Gasteiger partial charge is 0.338 e. The molecule has 28 heavy (non-hydrogen) atoms. The average molecular weight is 454 g/mol. The molecule has 2 aromatic rings. The SMILES string of the molecule is COC(=O)c1ccc(OCC(=O)Nc2ccc([N+](=O)[O-])cc2Br)c([N+](=O)[O-])c1. The number of nitro groups is 2. The molecule has 2 rings (SSSR count). The van der Waals surface area contributed by atoms with E-state index in [1.165, 1.54) is 30.3 Å². The molecule has 0 saturated carbocycles. The summed E-state index contributed by atoms with van der Waals surface area (Å²) < 4.78 is 9.95. The molecular weight excluding hydrogens is 442 g/mol. The van der Waals surface area contributed by atoms with Crippen molar-refractivity contribution in [2.45, 2.75) is 0 Å². The van der Waals surface area contributed by atoms with Crippen molar-refractivity contribution < 1.29 is 28.9 Å². The van der Waals surface area contributed by atoms with Crippen LogP contribution in [0.25, 0.3) is 0 Å². The summed E-state index contributed by atoms with van der Waals surface area (Å²) in [6, 6.07) is 7.17. The summed E-state index contributed by atoms with van der Waals surface area (Å²) in [7, 11) is 1.14. The highest BCUT2D eigenvalue weighted by Crippen LogP contribution is 2.29. The van der Waals surface area contributed by atoms with Gasteiger partial charge in [-0.15, -0.1) is 0 Å². The monoisotopic (exact) mass is 453 g/mol. The molecule has 0 bridgehead atoms. The zero-order valence-electron chi connectivity index (χ0n) is 14.2. The Balaban J connectivity index is 2.09. The molecule has 0 atom stereocenters. The highest BCUT2D eigenvalue weighted by molar-refractivity contribution is 9.10. The van der Waals surface area contributed by atoms with Crippen molar-refractivity contribution in [2.24, 2.45) is 0 Å². The molecule has 12 heteroatoms. The molecule has 0 fully saturated rings. The van der Waals surface area contributed by atoms with E-state index in [2.05, 4.69) is 26.0 Å². The molecular formula is C16H12BrN3O8. The molecule has 0 aromatic heterocycles. The van der Waals surface area contributed by atoms with Gasteiger partial charge in [0, 0.05) is 22.7 Å². The minimum atomic E-state index is -0.757. The van der Waals surface area contributed by atoms with Crippen LogP contribution >= 0.6 is 15.9 Å². The number of benzene rings is 2. The van der Waals surface area contributed by atoms with Gasteiger partial charge in [0.05, 0.1) is 28.2 Å². The van der Waals surface area contributed by atoms with Crippen molar-refractivity contribution >= 4 is 44.9 Å². The third kappa shape index (κ3) is 5.01. The average Bonchev–Trinajstić information content (AvgIpc) is 2.66. The fourth-order valence-electron chi connectivity index (χ4n) is 2.08. The predicted octanol–water partition coefficient (Wildman–Crippen LogP) is 3.07. The van der Waals surface area contributed by atoms with Crippen molar-refractivity contribution in [3.8, 4) is 5.75 Å². The second kappa shape index (κ2) is 8.90. The van der Waals surface area contributed by atoms with Gasteiger partial charge in [0.25, 0.3) is 11.6 Å². The third-order valence-electron chi connectivity index (χ3n) is 3.37. The Hall–Kier alpha value is -3.54. The Morgan fingerprint density at radius 1 is 1.11 bits per heavy atom. The van der Waals surface area contributed by atoms with E-state index in [0.29, 0.717) is 0 Å². The number of carbonyl (C=O) groups is 2. The highest BCUT2D eigenvalue weighted by Gasteiger charge is 2.20. The maximum absolute atomic E-state index is 12.0. The van der Waals surface area contributed by atoms with Crippen LogP contribution in [0, 0.1) is 20.2 Å². The maximum atomic E-state index is 12.0. The van der Waals surface area contributed by atoms with Gasteiger partial charge >= 0.3 is 11.7 Å². The van der Waals surface area contributed by atoms with E-state index in [-0.39, 0.29) is 27.2 Å². The number of nitrogens with one attached hydrogen (secondary N) is 1. The van der Waals surface area contributed by atoms with Crippen LogP contribution in [0.3, 0.4) is 0 Å². The number of nitrogens with zero attached hydrogens (tertiary/aromatic N) is 2. The van der Waals surface area contributed by atoms with Crippen LogP contribution in [0.2, 0.25) is 0 Å². The van der Waals surface area contributed by atoms with Crippen molar-refractivity contribution in [2.75, 3.05) is 19.0 Å². The number of halogens is 1. The number of rotatable bonds is 7. The summed E-state index contributed by atoms with van der Waals surface area (Å²) in [5.41, 5.74) is -0.454. The number of hydrogen-bond acceptors (Lipinski definition) is 8. The van der Waals surface area contributed by atoms with E-state index in [4.69, 9.17) is 4.74 Å². The van der Waals surface area contributed by atoms with Gasteiger partial charge in [0.15, 0.2) is 12.4 Å². The van der Waals surface area contributed by atoms with Crippen LogP contribution in [-0.2, 0) is 9.53 Å². The van der Waals surface area contributed by atoms with Gasteiger partial charge < -0.3 is 14.8 Å². The summed E-state index contributed by atoms with van der Waals surface area (Å²) in [5.74, 6) is -1.62. The number of ether oxygens (including phenoxy) is 2. The molecule has 11 nitrogen and oxygen atoms in total. The van der Waals surface area contributed by atoms with Crippen molar-refractivity contribution in [3.63, 3.8) is 0 Å². The number of anilines is 1. The second-order valence-corrected chi connectivity index (χ2v) is 6.04. The van der Waals surface area contributed by atoms with E-state index >= 15 is 0 Å². The number of nitro benzene ring substituents is 2. The van der Waals surface area contributed by atoms with E-state index in [1.807, 2.05) is 0 Å². The van der Waals surface area contributed by atoms with Gasteiger partial charge in [-0.3, -0.25) is 25.0 Å². The molecule has 0 saturated heterocycles. The Morgan fingerprint density at radius 2 is 1.82 bits per heavy atom. The molecule has 0 heterocycles. The molecule has 0 radical (unpaired) electrons. The van der Waals surface area contributed by atoms with E-state index in [0.717, 1.165) is 13.2 Å². The lowest BCUT2D eigenvalue weighted by atomic mass is 10.2. The lowest BCUT2D eigenvalue weighted by Gasteiger charge is -2.09. The third-order valence-corrected chi connectivity index (χ3v) is 4.03. The van der Waals surface area contributed by atoms with Gasteiger partial charge in [-0.05, 0) is 34.1 Å². The van der Waals surface area contributed by atoms with E-state index in [9.17, 15) is 29.8 Å². The Morgan fingerprint density at radius 3 is 2.39 bits per heavy atom. The van der Waals surface area contributed by atoms with Crippen molar-refractivity contribution in [1.82, 2.24) is 0 Å². The van der Waals surface area contributed by atoms with Gasteiger partial charge in [0.1, 0.15) is 0 Å². The van der Waals surface area contributed by atoms with E-state index in [1.54, 1.807) is 0 Å². The van der Waals surface area contributed by atoms with Gasteiger partial charge in [-0.2, -0.15) is 0 Å². The van der Waals surface area contributed by atoms with Crippen LogP contribution < -0.4 is 10.1 Å². The van der Waals surface area contributed by atoms with Crippen molar-refractivity contribution in [1.29, 1.82) is 0 Å². The van der Waals surface area contributed by atoms with Crippen LogP contribution in [0.5, 0.6) is 5.75 Å². The highest BCUT2D eigenvalue weighted by atomic mass is 79.9. The minimum absolute atomic E-state index is 0.0409. The first-order valence-corrected chi connectivity index (χ1v) is 8.25. The lowest BCUT2D eigenvalue weighted by Crippen LogP contribution is -2.20. The topological polar surface area (TPSA) is 151 Å². The van der Waals surface area contributed by atoms with Gasteiger partial charge in [-0.1, -0.05) is 0 Å². The number of esters is 1. The summed E-state index contributed by atoms with van der Waals surface area (Å²) in [5, 5.41) is 24.3. The Kier molecular flexibility index (Phi) is 6.60. The maximum Gasteiger partial charge on any atom is 0.338 e. The van der Waals surface area contributed by atoms with Gasteiger partial charge in [0.2, 0.25) is 0 Å². The largest absolute Gasteiger partial charge is 0.477 e. The zero-order valence-corrected chi connectivity index (χ0v) is 15.8. The number of amides is 1. The fraction of sp³-hybridized carbons (Fsp3) is 0.125. The van der Waals surface area contributed by atoms with Crippen molar-refractivity contribution in [3.05, 3.63) is 66.7 Å². The number of carbonyl (C=O) groups excluding carboxylic acids is 2. The van der Waals surface area contributed by atoms with Crippen LogP contribution in [0.1, 0.15) is 10.4 Å². The van der Waals surface area contributed by atoms with Gasteiger partial charge in [-0.25, -0.2) is 4.79 Å². The molecule has 1 amide bonds. The molecule has 0 spiro atoms. The minimum Gasteiger partial charge on any atom is -0.477 e. The molecule has 2 aromatic carbocycles. The molecule has 0 aliphatic heterocycles. The lowest BCUT2D eigenvalue weighted by molar-refractivity contribution is -0.385. The normalized spacial score (nSPS) is 10.1. The first kappa shape index (κ1) is 20.8. The summed E-state index contributed by atoms with van der Waals surface area (Å²) in [4.78, 5) is 44.0. The van der Waals surface area contributed by atoms with E-state index < -0.39 is 34.0 Å². The number of methoxy groups -OCH3 is 1. The second-order valence-electron chi connectivity index (χ2n) is 5.19. The summed E-state index contributed by atoms with van der Waals surface area (Å²) >= 11 is 3.11. The Labute approximate surface area is 165 Å². The quantitative estimate of drug-likeness (QED) is 0.381. The number of non-ortho nitro benzene ring substituents is 1. The zero-order chi connectivity index (χ0) is 20.8. The summed E-state index contributed by atoms with van der Waals surface area (Å²) in [6.07, 6.45) is 0. The van der Waals surface area contributed by atoms with Crippen LogP contribution in [-0.4, -0.2) is 35.4 Å². The molecule has 0 aliphatic carbocycles. The Bertz CT molecular complexity index is 963. The molecule has 0 unspecified atom stereocenters. The fourth-order valence-corrected chi connectivity index (χ4v) is 2.54. The molecule has 0 aliphatic rings. The standard InChI is InChI=1S/C16H12BrN3O8/c1-27-16(22)9-2-5-14(13(6-9)20(25)26)28-8-15(21)18-12-4-3-10(19(23)24)7-11(12)17/h2-7H,8H2,1H3,(H,18,21).